The van der Waals surface area contributed by atoms with Crippen molar-refractivity contribution < 1.29 is 4.79 Å². The summed E-state index contributed by atoms with van der Waals surface area (Å²) in [6.45, 7) is 2.47. The Balaban J connectivity index is 1.52. The smallest absolute Gasteiger partial charge is 0.345 e. The molecule has 1 atom stereocenters. The molecule has 0 aliphatic carbocycles. The van der Waals surface area contributed by atoms with Gasteiger partial charge in [0.15, 0.2) is 0 Å². The van der Waals surface area contributed by atoms with Crippen molar-refractivity contribution >= 4 is 11.6 Å². The van der Waals surface area contributed by atoms with E-state index in [1.807, 2.05) is 29.8 Å². The van der Waals surface area contributed by atoms with E-state index < -0.39 is 0 Å². The molecule has 0 radical (unpaired) electrons. The van der Waals surface area contributed by atoms with Crippen molar-refractivity contribution in [3.63, 3.8) is 0 Å². The van der Waals surface area contributed by atoms with Crippen LogP contribution in [0.5, 0.6) is 0 Å². The fourth-order valence-corrected chi connectivity index (χ4v) is 3.42. The topological polar surface area (TPSA) is 86.2 Å². The van der Waals surface area contributed by atoms with Crippen molar-refractivity contribution in [2.24, 2.45) is 7.05 Å². The number of nitrogens with zero attached hydrogens (tertiary/aromatic N) is 5. The van der Waals surface area contributed by atoms with Crippen LogP contribution in [0.3, 0.4) is 0 Å². The summed E-state index contributed by atoms with van der Waals surface area (Å²) in [4.78, 5) is 29.2. The van der Waals surface area contributed by atoms with E-state index in [-0.39, 0.29) is 17.6 Å². The van der Waals surface area contributed by atoms with Crippen LogP contribution in [0, 0.1) is 6.92 Å². The minimum absolute atomic E-state index is 0.00946. The average Bonchev–Trinajstić information content (AvgIpc) is 3.01. The Bertz CT molecular complexity index is 1010. The van der Waals surface area contributed by atoms with Gasteiger partial charge in [-0.3, -0.25) is 9.36 Å². The highest BCUT2D eigenvalue weighted by molar-refractivity contribution is 6.00. The molecular formula is C17H20N6O2. The normalized spacial score (nSPS) is 17.3. The third kappa shape index (κ3) is 2.73. The Morgan fingerprint density at radius 3 is 3.04 bits per heavy atom. The number of imidazole rings is 1. The molecular weight excluding hydrogens is 320 g/mol. The lowest BCUT2D eigenvalue weighted by Gasteiger charge is -2.16. The highest BCUT2D eigenvalue weighted by Crippen LogP contribution is 2.15. The average molecular weight is 340 g/mol. The van der Waals surface area contributed by atoms with Crippen LogP contribution in [-0.4, -0.2) is 35.7 Å². The van der Waals surface area contributed by atoms with E-state index in [4.69, 9.17) is 0 Å². The minimum atomic E-state index is -0.131. The second-order valence-electron chi connectivity index (χ2n) is 6.51. The highest BCUT2D eigenvalue weighted by atomic mass is 16.2. The Morgan fingerprint density at radius 1 is 1.36 bits per heavy atom. The van der Waals surface area contributed by atoms with Crippen LogP contribution in [0.25, 0.3) is 5.65 Å². The van der Waals surface area contributed by atoms with Crippen LogP contribution in [0.2, 0.25) is 0 Å². The zero-order valence-corrected chi connectivity index (χ0v) is 14.3. The highest BCUT2D eigenvalue weighted by Gasteiger charge is 2.22. The Labute approximate surface area is 144 Å². The summed E-state index contributed by atoms with van der Waals surface area (Å²) in [5.74, 6) is 0.656. The summed E-state index contributed by atoms with van der Waals surface area (Å²) in [7, 11) is 1.66. The number of rotatable bonds is 2. The first-order valence-corrected chi connectivity index (χ1v) is 8.41. The number of hydrogen-bond acceptors (Lipinski definition) is 4. The lowest BCUT2D eigenvalue weighted by atomic mass is 10.1. The van der Waals surface area contributed by atoms with Gasteiger partial charge >= 0.3 is 5.69 Å². The van der Waals surface area contributed by atoms with Crippen molar-refractivity contribution in [3.05, 3.63) is 52.1 Å². The van der Waals surface area contributed by atoms with Gasteiger partial charge in [-0.25, -0.2) is 14.5 Å². The molecule has 3 aromatic rings. The molecule has 1 aliphatic rings. The van der Waals surface area contributed by atoms with Gasteiger partial charge in [0.05, 0.1) is 11.3 Å². The SMILES string of the molecule is Cc1cn2cccc(C(=O)NC3CCc4nn(C)c(=O)n4CC3)c2n1. The number of pyridine rings is 1. The van der Waals surface area contributed by atoms with Gasteiger partial charge in [0, 0.05) is 38.4 Å². The number of carbonyl (C=O) groups excluding carboxylic acids is 1. The first-order chi connectivity index (χ1) is 12.0. The van der Waals surface area contributed by atoms with Crippen LogP contribution < -0.4 is 11.0 Å². The first-order valence-electron chi connectivity index (χ1n) is 8.41. The second kappa shape index (κ2) is 5.87. The molecule has 0 saturated heterocycles. The van der Waals surface area contributed by atoms with Crippen LogP contribution in [0.15, 0.2) is 29.3 Å². The maximum atomic E-state index is 12.7. The number of aromatic nitrogens is 5. The molecule has 1 N–H and O–H groups in total. The zero-order chi connectivity index (χ0) is 17.6. The molecule has 4 rings (SSSR count). The lowest BCUT2D eigenvalue weighted by Crippen LogP contribution is -2.36. The Hall–Kier alpha value is -2.90. The van der Waals surface area contributed by atoms with Crippen molar-refractivity contribution in [2.75, 3.05) is 0 Å². The zero-order valence-electron chi connectivity index (χ0n) is 14.3. The van der Waals surface area contributed by atoms with Gasteiger partial charge in [0.1, 0.15) is 11.5 Å². The number of carbonyl (C=O) groups is 1. The molecule has 8 heteroatoms. The molecule has 4 heterocycles. The molecule has 25 heavy (non-hydrogen) atoms. The van der Waals surface area contributed by atoms with Crippen molar-refractivity contribution in [1.82, 2.24) is 29.0 Å². The molecule has 1 unspecified atom stereocenters. The molecule has 1 amide bonds. The molecule has 3 aromatic heterocycles. The Morgan fingerprint density at radius 2 is 2.20 bits per heavy atom. The van der Waals surface area contributed by atoms with Crippen molar-refractivity contribution in [2.45, 2.75) is 38.8 Å². The summed E-state index contributed by atoms with van der Waals surface area (Å²) in [6, 6.07) is 3.64. The standard InChI is InChI=1S/C17H20N6O2/c1-11-10-22-8-3-4-13(15(22)18-11)16(24)19-12-5-6-14-20-21(2)17(25)23(14)9-7-12/h3-4,8,10,12H,5-7,9H2,1-2H3,(H,19,24). The van der Waals surface area contributed by atoms with Gasteiger partial charge in [0.25, 0.3) is 5.91 Å². The number of fused-ring (bicyclic) bond motifs is 2. The van der Waals surface area contributed by atoms with E-state index in [1.165, 1.54) is 4.68 Å². The van der Waals surface area contributed by atoms with Gasteiger partial charge < -0.3 is 9.72 Å². The van der Waals surface area contributed by atoms with E-state index in [0.717, 1.165) is 17.9 Å². The van der Waals surface area contributed by atoms with Gasteiger partial charge in [-0.15, -0.1) is 0 Å². The lowest BCUT2D eigenvalue weighted by molar-refractivity contribution is 0.0934. The number of amides is 1. The van der Waals surface area contributed by atoms with Crippen LogP contribution in [0.1, 0.15) is 34.7 Å². The number of aryl methyl sites for hydroxylation is 3. The van der Waals surface area contributed by atoms with Crippen LogP contribution >= 0.6 is 0 Å². The van der Waals surface area contributed by atoms with E-state index in [9.17, 15) is 9.59 Å². The van der Waals surface area contributed by atoms with E-state index in [0.29, 0.717) is 30.6 Å². The second-order valence-corrected chi connectivity index (χ2v) is 6.51. The minimum Gasteiger partial charge on any atom is -0.349 e. The van der Waals surface area contributed by atoms with Crippen LogP contribution in [-0.2, 0) is 20.0 Å². The molecule has 1 aliphatic heterocycles. The summed E-state index contributed by atoms with van der Waals surface area (Å²) in [6.07, 6.45) is 5.92. The molecule has 0 saturated carbocycles. The molecule has 0 aromatic carbocycles. The third-order valence-electron chi connectivity index (χ3n) is 4.69. The first kappa shape index (κ1) is 15.6. The number of hydrogen-bond donors (Lipinski definition) is 1. The molecule has 0 bridgehead atoms. The predicted octanol–water partition coefficient (Wildman–Crippen LogP) is 0.673. The molecule has 0 fully saturated rings. The predicted molar refractivity (Wildman–Crippen MR) is 91.6 cm³/mol. The summed E-state index contributed by atoms with van der Waals surface area (Å²) in [5, 5.41) is 7.36. The van der Waals surface area contributed by atoms with Gasteiger partial charge in [0.2, 0.25) is 0 Å². The third-order valence-corrected chi connectivity index (χ3v) is 4.69. The van der Waals surface area contributed by atoms with E-state index >= 15 is 0 Å². The van der Waals surface area contributed by atoms with Crippen molar-refractivity contribution in [3.8, 4) is 0 Å². The van der Waals surface area contributed by atoms with E-state index in [1.54, 1.807) is 17.7 Å². The maximum absolute atomic E-state index is 12.7. The van der Waals surface area contributed by atoms with Gasteiger partial charge in [-0.1, -0.05) is 0 Å². The Kier molecular flexibility index (Phi) is 3.67. The number of nitrogens with one attached hydrogen (secondary N) is 1. The molecule has 130 valence electrons. The summed E-state index contributed by atoms with van der Waals surface area (Å²) >= 11 is 0. The van der Waals surface area contributed by atoms with Crippen LogP contribution in [0.4, 0.5) is 0 Å². The fourth-order valence-electron chi connectivity index (χ4n) is 3.42. The fraction of sp³-hybridized carbons (Fsp3) is 0.412. The summed E-state index contributed by atoms with van der Waals surface area (Å²) in [5.41, 5.74) is 2.00. The maximum Gasteiger partial charge on any atom is 0.345 e. The van der Waals surface area contributed by atoms with E-state index in [2.05, 4.69) is 15.4 Å². The largest absolute Gasteiger partial charge is 0.349 e. The molecule has 0 spiro atoms. The monoisotopic (exact) mass is 340 g/mol. The van der Waals surface area contributed by atoms with Crippen molar-refractivity contribution in [1.29, 1.82) is 0 Å². The van der Waals surface area contributed by atoms with Gasteiger partial charge in [-0.05, 0) is 31.9 Å². The quantitative estimate of drug-likeness (QED) is 0.743. The summed E-state index contributed by atoms with van der Waals surface area (Å²) < 4.78 is 4.93. The van der Waals surface area contributed by atoms with Gasteiger partial charge in [-0.2, -0.15) is 5.10 Å². The molecule has 8 nitrogen and oxygen atoms in total.